The van der Waals surface area contributed by atoms with Crippen LogP contribution in [0.5, 0.6) is 0 Å². The first-order valence-electron chi connectivity index (χ1n) is 8.41. The first-order valence-corrected chi connectivity index (χ1v) is 9.89. The number of carbonyl (C=O) groups is 1. The lowest BCUT2D eigenvalue weighted by molar-refractivity contribution is 0.101. The van der Waals surface area contributed by atoms with Crippen molar-refractivity contribution < 1.29 is 13.2 Å². The van der Waals surface area contributed by atoms with Gasteiger partial charge >= 0.3 is 0 Å². The van der Waals surface area contributed by atoms with Crippen molar-refractivity contribution in [2.24, 2.45) is 0 Å². The van der Waals surface area contributed by atoms with Crippen LogP contribution in [0.1, 0.15) is 29.3 Å². The van der Waals surface area contributed by atoms with Gasteiger partial charge in [0.1, 0.15) is 0 Å². The summed E-state index contributed by atoms with van der Waals surface area (Å²) in [5, 5.41) is 0. The summed E-state index contributed by atoms with van der Waals surface area (Å²) in [4.78, 5) is 13.7. The molecule has 5 nitrogen and oxygen atoms in total. The van der Waals surface area contributed by atoms with Gasteiger partial charge in [0.25, 0.3) is 0 Å². The summed E-state index contributed by atoms with van der Waals surface area (Å²) in [6.07, 6.45) is 1.78. The SMILES string of the molecule is CC(=O)c1ccc(S(=O)(=O)NCCCN2CCc3ccccc32)cc1. The van der Waals surface area contributed by atoms with E-state index in [0.29, 0.717) is 12.1 Å². The predicted octanol–water partition coefficient (Wildman–Crippen LogP) is 2.62. The summed E-state index contributed by atoms with van der Waals surface area (Å²) >= 11 is 0. The predicted molar refractivity (Wildman–Crippen MR) is 98.6 cm³/mol. The van der Waals surface area contributed by atoms with Gasteiger partial charge in [0, 0.05) is 30.9 Å². The van der Waals surface area contributed by atoms with Crippen molar-refractivity contribution in [3.05, 3.63) is 59.7 Å². The van der Waals surface area contributed by atoms with E-state index in [4.69, 9.17) is 0 Å². The van der Waals surface area contributed by atoms with Crippen LogP contribution in [-0.4, -0.2) is 33.8 Å². The summed E-state index contributed by atoms with van der Waals surface area (Å²) in [5.41, 5.74) is 3.12. The lowest BCUT2D eigenvalue weighted by Gasteiger charge is -2.19. The maximum Gasteiger partial charge on any atom is 0.240 e. The van der Waals surface area contributed by atoms with Crippen LogP contribution in [0.25, 0.3) is 0 Å². The van der Waals surface area contributed by atoms with E-state index in [0.717, 1.165) is 25.9 Å². The highest BCUT2D eigenvalue weighted by Crippen LogP contribution is 2.27. The van der Waals surface area contributed by atoms with Crippen molar-refractivity contribution in [2.75, 3.05) is 24.5 Å². The van der Waals surface area contributed by atoms with Gasteiger partial charge in [-0.1, -0.05) is 30.3 Å². The smallest absolute Gasteiger partial charge is 0.240 e. The van der Waals surface area contributed by atoms with E-state index in [1.165, 1.54) is 42.4 Å². The van der Waals surface area contributed by atoms with Crippen molar-refractivity contribution in [1.29, 1.82) is 0 Å². The van der Waals surface area contributed by atoms with Gasteiger partial charge in [0.15, 0.2) is 5.78 Å². The van der Waals surface area contributed by atoms with E-state index < -0.39 is 10.0 Å². The average molecular weight is 358 g/mol. The summed E-state index contributed by atoms with van der Waals surface area (Å²) in [6.45, 7) is 3.65. The third-order valence-electron chi connectivity index (χ3n) is 4.45. The Labute approximate surface area is 148 Å². The van der Waals surface area contributed by atoms with E-state index in [1.807, 2.05) is 12.1 Å². The maximum absolute atomic E-state index is 12.3. The number of hydrogen-bond donors (Lipinski definition) is 1. The molecule has 6 heteroatoms. The van der Waals surface area contributed by atoms with Gasteiger partial charge in [-0.25, -0.2) is 13.1 Å². The largest absolute Gasteiger partial charge is 0.371 e. The molecule has 1 N–H and O–H groups in total. The third kappa shape index (κ3) is 4.08. The molecule has 0 unspecified atom stereocenters. The molecule has 1 aliphatic rings. The summed E-state index contributed by atoms with van der Waals surface area (Å²) in [5.74, 6) is -0.0807. The van der Waals surface area contributed by atoms with Gasteiger partial charge < -0.3 is 4.90 Å². The van der Waals surface area contributed by atoms with E-state index in [1.54, 1.807) is 0 Å². The summed E-state index contributed by atoms with van der Waals surface area (Å²) in [7, 11) is -3.54. The first kappa shape index (κ1) is 17.6. The minimum absolute atomic E-state index is 0.0807. The van der Waals surface area contributed by atoms with Gasteiger partial charge in [-0.05, 0) is 43.5 Å². The fraction of sp³-hybridized carbons (Fsp3) is 0.316. The van der Waals surface area contributed by atoms with E-state index >= 15 is 0 Å². The fourth-order valence-corrected chi connectivity index (χ4v) is 4.14. The molecule has 0 spiro atoms. The minimum atomic E-state index is -3.54. The molecule has 0 radical (unpaired) electrons. The number of rotatable bonds is 7. The Morgan fingerprint density at radius 1 is 1.12 bits per heavy atom. The molecule has 3 rings (SSSR count). The van der Waals surface area contributed by atoms with Crippen LogP contribution in [0.2, 0.25) is 0 Å². The molecule has 0 saturated heterocycles. The number of sulfonamides is 1. The Bertz CT molecular complexity index is 860. The Morgan fingerprint density at radius 2 is 1.84 bits per heavy atom. The topological polar surface area (TPSA) is 66.5 Å². The quantitative estimate of drug-likeness (QED) is 0.610. The molecule has 0 saturated carbocycles. The van der Waals surface area contributed by atoms with Crippen LogP contribution in [0.15, 0.2) is 53.4 Å². The van der Waals surface area contributed by atoms with Gasteiger partial charge in [0.05, 0.1) is 4.90 Å². The monoisotopic (exact) mass is 358 g/mol. The normalized spacial score (nSPS) is 13.7. The lowest BCUT2D eigenvalue weighted by Crippen LogP contribution is -2.29. The summed E-state index contributed by atoms with van der Waals surface area (Å²) < 4.78 is 27.2. The molecule has 25 heavy (non-hydrogen) atoms. The third-order valence-corrected chi connectivity index (χ3v) is 5.93. The van der Waals surface area contributed by atoms with Crippen LogP contribution < -0.4 is 9.62 Å². The zero-order valence-corrected chi connectivity index (χ0v) is 15.1. The molecule has 0 aromatic heterocycles. The molecule has 0 aliphatic carbocycles. The Hall–Kier alpha value is -2.18. The second-order valence-corrected chi connectivity index (χ2v) is 7.96. The maximum atomic E-state index is 12.3. The molecular weight excluding hydrogens is 336 g/mol. The lowest BCUT2D eigenvalue weighted by atomic mass is 10.2. The van der Waals surface area contributed by atoms with Gasteiger partial charge in [-0.2, -0.15) is 0 Å². The molecule has 1 aliphatic heterocycles. The van der Waals surface area contributed by atoms with E-state index in [-0.39, 0.29) is 10.7 Å². The summed E-state index contributed by atoms with van der Waals surface area (Å²) in [6, 6.07) is 14.4. The van der Waals surface area contributed by atoms with E-state index in [2.05, 4.69) is 21.8 Å². The molecule has 0 fully saturated rings. The molecule has 0 bridgehead atoms. The zero-order chi connectivity index (χ0) is 17.9. The van der Waals surface area contributed by atoms with Crippen LogP contribution in [0.4, 0.5) is 5.69 Å². The Balaban J connectivity index is 1.52. The first-order chi connectivity index (χ1) is 12.0. The fourth-order valence-electron chi connectivity index (χ4n) is 3.07. The van der Waals surface area contributed by atoms with Crippen molar-refractivity contribution in [3.8, 4) is 0 Å². The Kier molecular flexibility index (Phi) is 5.20. The van der Waals surface area contributed by atoms with Crippen molar-refractivity contribution in [3.63, 3.8) is 0 Å². The molecule has 2 aromatic carbocycles. The average Bonchev–Trinajstić information content (AvgIpc) is 3.02. The number of hydrogen-bond acceptors (Lipinski definition) is 4. The van der Waals surface area contributed by atoms with Crippen LogP contribution in [0, 0.1) is 0 Å². The van der Waals surface area contributed by atoms with Crippen molar-refractivity contribution in [1.82, 2.24) is 4.72 Å². The number of Topliss-reactive ketones (excluding diaryl/α,β-unsaturated/α-hetero) is 1. The van der Waals surface area contributed by atoms with Crippen LogP contribution in [-0.2, 0) is 16.4 Å². The van der Waals surface area contributed by atoms with Gasteiger partial charge in [-0.15, -0.1) is 0 Å². The number of fused-ring (bicyclic) bond motifs is 1. The zero-order valence-electron chi connectivity index (χ0n) is 14.2. The highest BCUT2D eigenvalue weighted by molar-refractivity contribution is 7.89. The number of carbonyl (C=O) groups excluding carboxylic acids is 1. The van der Waals surface area contributed by atoms with Gasteiger partial charge in [-0.3, -0.25) is 4.79 Å². The number of nitrogens with zero attached hydrogens (tertiary/aromatic N) is 1. The number of para-hydroxylation sites is 1. The number of benzene rings is 2. The van der Waals surface area contributed by atoms with Crippen LogP contribution in [0.3, 0.4) is 0 Å². The molecule has 0 atom stereocenters. The number of anilines is 1. The molecule has 2 aromatic rings. The van der Waals surface area contributed by atoms with Crippen molar-refractivity contribution >= 4 is 21.5 Å². The standard InChI is InChI=1S/C19H22N2O3S/c1-15(22)16-7-9-18(10-8-16)25(23,24)20-12-4-13-21-14-11-17-5-2-3-6-19(17)21/h2-3,5-10,20H,4,11-14H2,1H3. The molecular formula is C19H22N2O3S. The van der Waals surface area contributed by atoms with Crippen LogP contribution >= 0.6 is 0 Å². The molecule has 1 heterocycles. The Morgan fingerprint density at radius 3 is 2.56 bits per heavy atom. The highest BCUT2D eigenvalue weighted by Gasteiger charge is 2.18. The minimum Gasteiger partial charge on any atom is -0.371 e. The second kappa shape index (κ2) is 7.37. The second-order valence-electron chi connectivity index (χ2n) is 6.20. The highest BCUT2D eigenvalue weighted by atomic mass is 32.2. The molecule has 0 amide bonds. The number of nitrogens with one attached hydrogen (secondary N) is 1. The van der Waals surface area contributed by atoms with E-state index in [9.17, 15) is 13.2 Å². The van der Waals surface area contributed by atoms with Crippen molar-refractivity contribution in [2.45, 2.75) is 24.7 Å². The molecule has 132 valence electrons. The number of ketones is 1. The van der Waals surface area contributed by atoms with Gasteiger partial charge in [0.2, 0.25) is 10.0 Å².